The van der Waals surface area contributed by atoms with Gasteiger partial charge in [0.1, 0.15) is 0 Å². The van der Waals surface area contributed by atoms with Crippen LogP contribution in [-0.4, -0.2) is 16.8 Å². The van der Waals surface area contributed by atoms with Crippen molar-refractivity contribution in [3.8, 4) is 0 Å². The molecule has 0 spiro atoms. The maximum absolute atomic E-state index is 2.42. The molecule has 76 valence electrons. The van der Waals surface area contributed by atoms with Gasteiger partial charge in [-0.25, -0.2) is 0 Å². The van der Waals surface area contributed by atoms with Gasteiger partial charge in [-0.3, -0.25) is 0 Å². The maximum Gasteiger partial charge on any atom is 0.272 e. The van der Waals surface area contributed by atoms with Gasteiger partial charge >= 0.3 is 0 Å². The number of hydrogen-bond donors (Lipinski definition) is 0. The van der Waals surface area contributed by atoms with Gasteiger partial charge in [-0.1, -0.05) is 0 Å². The fourth-order valence-corrected chi connectivity index (χ4v) is 2.48. The summed E-state index contributed by atoms with van der Waals surface area (Å²) in [4.78, 5) is 0. The van der Waals surface area contributed by atoms with E-state index in [0.717, 1.165) is 13.1 Å². The zero-order valence-electron chi connectivity index (χ0n) is 8.89. The van der Waals surface area contributed by atoms with Crippen molar-refractivity contribution in [3.05, 3.63) is 42.4 Å². The van der Waals surface area contributed by atoms with Crippen LogP contribution in [-0.2, 0) is 6.54 Å². The molecule has 1 aromatic rings. The average molecular weight is 200 g/mol. The summed E-state index contributed by atoms with van der Waals surface area (Å²) in [7, 11) is 0. The summed E-state index contributed by atoms with van der Waals surface area (Å²) in [6, 6.07) is 6.51. The smallest absolute Gasteiger partial charge is 0.197 e. The lowest BCUT2D eigenvalue weighted by Gasteiger charge is -2.04. The summed E-state index contributed by atoms with van der Waals surface area (Å²) in [6.45, 7) is 2.30. The third-order valence-electron chi connectivity index (χ3n) is 3.21. The second-order valence-electron chi connectivity index (χ2n) is 4.20. The van der Waals surface area contributed by atoms with E-state index in [-0.39, 0.29) is 0 Å². The van der Waals surface area contributed by atoms with Gasteiger partial charge in [0.2, 0.25) is 0 Å². The molecule has 3 rings (SSSR count). The number of fused-ring (bicyclic) bond motifs is 2. The topological polar surface area (TPSA) is 6.89 Å². The molecule has 0 fully saturated rings. The molecule has 0 saturated heterocycles. The highest BCUT2D eigenvalue weighted by molar-refractivity contribution is 5.94. The van der Waals surface area contributed by atoms with Crippen LogP contribution in [0.15, 0.2) is 36.7 Å². The standard InChI is InChI=1S/C13H16N2/c1-3-8-14-10-5-11-15-9-4-2-7-13(15)12(14)6-1/h1,3-4,6,8-9H,2,5,7,10-11H2/q+2. The van der Waals surface area contributed by atoms with Crippen LogP contribution in [0.3, 0.4) is 0 Å². The minimum atomic E-state index is 1.14. The van der Waals surface area contributed by atoms with Crippen molar-refractivity contribution in [3.63, 3.8) is 0 Å². The Hall–Kier alpha value is -1.44. The largest absolute Gasteiger partial charge is 0.272 e. The molecule has 2 heteroatoms. The molecule has 3 heterocycles. The van der Waals surface area contributed by atoms with Crippen molar-refractivity contribution < 1.29 is 9.14 Å². The molecule has 2 nitrogen and oxygen atoms in total. The zero-order chi connectivity index (χ0) is 10.1. The third-order valence-corrected chi connectivity index (χ3v) is 3.21. The molecule has 0 aromatic carbocycles. The molecule has 2 aliphatic heterocycles. The second-order valence-corrected chi connectivity index (χ2v) is 4.20. The Morgan fingerprint density at radius 2 is 2.13 bits per heavy atom. The quantitative estimate of drug-likeness (QED) is 0.560. The summed E-state index contributed by atoms with van der Waals surface area (Å²) in [5.41, 5.74) is 2.90. The lowest BCUT2D eigenvalue weighted by molar-refractivity contribution is -0.697. The van der Waals surface area contributed by atoms with Crippen LogP contribution in [0.5, 0.6) is 0 Å². The predicted octanol–water partition coefficient (Wildman–Crippen LogP) is 1.49. The molecule has 1 aromatic heterocycles. The Balaban J connectivity index is 2.17. The molecule has 0 aliphatic carbocycles. The predicted molar refractivity (Wildman–Crippen MR) is 58.9 cm³/mol. The van der Waals surface area contributed by atoms with Crippen molar-refractivity contribution in [1.29, 1.82) is 0 Å². The number of aryl methyl sites for hydroxylation is 1. The minimum Gasteiger partial charge on any atom is -0.197 e. The van der Waals surface area contributed by atoms with Gasteiger partial charge in [-0.05, 0) is 18.6 Å². The first-order valence-corrected chi connectivity index (χ1v) is 5.73. The molecule has 0 amide bonds. The van der Waals surface area contributed by atoms with Crippen LogP contribution in [0.2, 0.25) is 0 Å². The average Bonchev–Trinajstić information content (AvgIpc) is 2.48. The SMILES string of the molecule is C1=C[N+]2=C(CC1)c1cccc[n+]1CCC2. The molecule has 0 atom stereocenters. The normalized spacial score (nSPS) is 19.5. The number of allylic oxidation sites excluding steroid dienone is 1. The number of aromatic nitrogens is 1. The van der Waals surface area contributed by atoms with E-state index in [1.54, 1.807) is 0 Å². The Bertz CT molecular complexity index is 444. The van der Waals surface area contributed by atoms with E-state index in [1.807, 2.05) is 0 Å². The highest BCUT2D eigenvalue weighted by Gasteiger charge is 2.29. The summed E-state index contributed by atoms with van der Waals surface area (Å²) >= 11 is 0. The van der Waals surface area contributed by atoms with Crippen molar-refractivity contribution in [2.24, 2.45) is 0 Å². The van der Waals surface area contributed by atoms with E-state index in [1.165, 1.54) is 30.7 Å². The number of nitrogens with zero attached hydrogens (tertiary/aromatic N) is 2. The van der Waals surface area contributed by atoms with Crippen LogP contribution in [0.1, 0.15) is 25.0 Å². The van der Waals surface area contributed by atoms with Crippen molar-refractivity contribution in [2.45, 2.75) is 25.8 Å². The van der Waals surface area contributed by atoms with Gasteiger partial charge < -0.3 is 0 Å². The minimum absolute atomic E-state index is 1.14. The lowest BCUT2D eigenvalue weighted by atomic mass is 10.1. The van der Waals surface area contributed by atoms with Crippen LogP contribution >= 0.6 is 0 Å². The highest BCUT2D eigenvalue weighted by Crippen LogP contribution is 2.11. The third kappa shape index (κ3) is 1.50. The molecule has 0 radical (unpaired) electrons. The highest BCUT2D eigenvalue weighted by atomic mass is 15.1. The fourth-order valence-electron chi connectivity index (χ4n) is 2.48. The van der Waals surface area contributed by atoms with Crippen LogP contribution in [0.4, 0.5) is 0 Å². The maximum atomic E-state index is 2.42. The van der Waals surface area contributed by atoms with E-state index in [4.69, 9.17) is 0 Å². The number of pyridine rings is 1. The van der Waals surface area contributed by atoms with Gasteiger partial charge in [0.05, 0.1) is 6.42 Å². The Labute approximate surface area is 90.2 Å². The van der Waals surface area contributed by atoms with E-state index in [9.17, 15) is 0 Å². The van der Waals surface area contributed by atoms with Gasteiger partial charge in [-0.2, -0.15) is 9.14 Å². The van der Waals surface area contributed by atoms with Crippen LogP contribution in [0.25, 0.3) is 0 Å². The second kappa shape index (κ2) is 3.61. The molecule has 15 heavy (non-hydrogen) atoms. The van der Waals surface area contributed by atoms with Crippen molar-refractivity contribution in [2.75, 3.05) is 6.54 Å². The van der Waals surface area contributed by atoms with Gasteiger partial charge in [-0.15, -0.1) is 0 Å². The molecular weight excluding hydrogens is 184 g/mol. The summed E-state index contributed by atoms with van der Waals surface area (Å²) in [5, 5.41) is 0. The molecule has 0 bridgehead atoms. The first kappa shape index (κ1) is 8.84. The van der Waals surface area contributed by atoms with E-state index in [2.05, 4.69) is 45.8 Å². The monoisotopic (exact) mass is 200 g/mol. The Kier molecular flexibility index (Phi) is 2.13. The van der Waals surface area contributed by atoms with Gasteiger partial charge in [0.15, 0.2) is 25.5 Å². The van der Waals surface area contributed by atoms with E-state index >= 15 is 0 Å². The lowest BCUT2D eigenvalue weighted by Crippen LogP contribution is -2.39. The number of rotatable bonds is 0. The zero-order valence-corrected chi connectivity index (χ0v) is 8.89. The van der Waals surface area contributed by atoms with Crippen molar-refractivity contribution >= 4 is 5.71 Å². The van der Waals surface area contributed by atoms with E-state index in [0.29, 0.717) is 0 Å². The molecular formula is C13H16N2+2. The van der Waals surface area contributed by atoms with Gasteiger partial charge in [0, 0.05) is 18.6 Å². The summed E-state index contributed by atoms with van der Waals surface area (Å²) in [5.74, 6) is 0. The summed E-state index contributed by atoms with van der Waals surface area (Å²) in [6.07, 6.45) is 10.3. The molecule has 0 unspecified atom stereocenters. The molecule has 0 N–H and O–H groups in total. The Morgan fingerprint density at radius 3 is 3.13 bits per heavy atom. The fraction of sp³-hybridized carbons (Fsp3) is 0.385. The first-order chi connectivity index (χ1) is 7.45. The molecule has 2 aliphatic rings. The van der Waals surface area contributed by atoms with E-state index < -0.39 is 0 Å². The number of hydrogen-bond acceptors (Lipinski definition) is 0. The summed E-state index contributed by atoms with van der Waals surface area (Å²) < 4.78 is 4.80. The van der Waals surface area contributed by atoms with Gasteiger partial charge in [0.25, 0.3) is 11.4 Å². The Morgan fingerprint density at radius 1 is 1.13 bits per heavy atom. The first-order valence-electron chi connectivity index (χ1n) is 5.73. The van der Waals surface area contributed by atoms with Crippen molar-refractivity contribution in [1.82, 2.24) is 0 Å². The van der Waals surface area contributed by atoms with Crippen LogP contribution in [0, 0.1) is 0 Å². The molecule has 0 saturated carbocycles. The van der Waals surface area contributed by atoms with Crippen LogP contribution < -0.4 is 4.57 Å².